The summed E-state index contributed by atoms with van der Waals surface area (Å²) in [6.45, 7) is 4.27. The SMILES string of the molecule is CCC1CCC(C)N1c1c(N)cccc1C(=O)O. The Kier molecular flexibility index (Phi) is 3.45. The molecule has 1 heterocycles. The summed E-state index contributed by atoms with van der Waals surface area (Å²) in [5.74, 6) is -0.911. The van der Waals surface area contributed by atoms with E-state index in [-0.39, 0.29) is 0 Å². The Bertz CT molecular complexity index is 459. The van der Waals surface area contributed by atoms with Gasteiger partial charge in [0.25, 0.3) is 0 Å². The summed E-state index contributed by atoms with van der Waals surface area (Å²) in [6.07, 6.45) is 3.20. The number of para-hydroxylation sites is 1. The number of hydrogen-bond acceptors (Lipinski definition) is 3. The van der Waals surface area contributed by atoms with E-state index in [1.807, 2.05) is 0 Å². The van der Waals surface area contributed by atoms with Crippen molar-refractivity contribution in [2.75, 3.05) is 10.6 Å². The lowest BCUT2D eigenvalue weighted by Gasteiger charge is -2.32. The zero-order valence-electron chi connectivity index (χ0n) is 10.9. The van der Waals surface area contributed by atoms with E-state index in [4.69, 9.17) is 5.73 Å². The predicted octanol–water partition coefficient (Wildman–Crippen LogP) is 2.73. The molecule has 98 valence electrons. The number of rotatable bonds is 3. The van der Waals surface area contributed by atoms with Crippen LogP contribution in [0.4, 0.5) is 11.4 Å². The van der Waals surface area contributed by atoms with Crippen LogP contribution < -0.4 is 10.6 Å². The van der Waals surface area contributed by atoms with Gasteiger partial charge >= 0.3 is 5.97 Å². The van der Waals surface area contributed by atoms with Crippen molar-refractivity contribution >= 4 is 17.3 Å². The van der Waals surface area contributed by atoms with E-state index in [0.717, 1.165) is 19.3 Å². The van der Waals surface area contributed by atoms with Gasteiger partial charge in [0, 0.05) is 12.1 Å². The lowest BCUT2D eigenvalue weighted by molar-refractivity contribution is 0.0697. The number of anilines is 2. The lowest BCUT2D eigenvalue weighted by atomic mass is 10.1. The highest BCUT2D eigenvalue weighted by Gasteiger charge is 2.33. The zero-order valence-corrected chi connectivity index (χ0v) is 10.9. The summed E-state index contributed by atoms with van der Waals surface area (Å²) < 4.78 is 0. The first-order valence-electron chi connectivity index (χ1n) is 6.46. The second-order valence-corrected chi connectivity index (χ2v) is 4.94. The predicted molar refractivity (Wildman–Crippen MR) is 73.1 cm³/mol. The molecule has 1 aliphatic rings. The van der Waals surface area contributed by atoms with Crippen molar-refractivity contribution in [2.45, 2.75) is 45.2 Å². The number of carboxylic acid groups (broad SMARTS) is 1. The third-order valence-corrected chi connectivity index (χ3v) is 3.81. The molecule has 4 heteroatoms. The average molecular weight is 248 g/mol. The minimum Gasteiger partial charge on any atom is -0.478 e. The number of nitrogen functional groups attached to an aromatic ring is 1. The van der Waals surface area contributed by atoms with Crippen molar-refractivity contribution in [3.63, 3.8) is 0 Å². The number of benzene rings is 1. The normalized spacial score (nSPS) is 23.3. The van der Waals surface area contributed by atoms with Crippen LogP contribution in [0, 0.1) is 0 Å². The Balaban J connectivity index is 2.52. The smallest absolute Gasteiger partial charge is 0.337 e. The van der Waals surface area contributed by atoms with Crippen molar-refractivity contribution in [3.05, 3.63) is 23.8 Å². The van der Waals surface area contributed by atoms with Crippen LogP contribution >= 0.6 is 0 Å². The maximum atomic E-state index is 11.4. The number of hydrogen-bond donors (Lipinski definition) is 2. The molecule has 1 aromatic rings. The molecule has 0 radical (unpaired) electrons. The van der Waals surface area contributed by atoms with Gasteiger partial charge in [-0.25, -0.2) is 4.79 Å². The highest BCUT2D eigenvalue weighted by atomic mass is 16.4. The van der Waals surface area contributed by atoms with Crippen LogP contribution in [0.25, 0.3) is 0 Å². The molecule has 0 aliphatic carbocycles. The first-order valence-corrected chi connectivity index (χ1v) is 6.46. The summed E-state index contributed by atoms with van der Waals surface area (Å²) in [6, 6.07) is 5.84. The van der Waals surface area contributed by atoms with Crippen molar-refractivity contribution in [2.24, 2.45) is 0 Å². The number of nitrogens with two attached hydrogens (primary N) is 1. The molecular formula is C14H20N2O2. The van der Waals surface area contributed by atoms with Crippen LogP contribution in [0.5, 0.6) is 0 Å². The molecular weight excluding hydrogens is 228 g/mol. The van der Waals surface area contributed by atoms with Crippen molar-refractivity contribution in [1.82, 2.24) is 0 Å². The maximum Gasteiger partial charge on any atom is 0.337 e. The van der Waals surface area contributed by atoms with E-state index < -0.39 is 5.97 Å². The van der Waals surface area contributed by atoms with E-state index >= 15 is 0 Å². The number of carbonyl (C=O) groups is 1. The first-order chi connectivity index (χ1) is 8.56. The van der Waals surface area contributed by atoms with Gasteiger partial charge in [0.05, 0.1) is 16.9 Å². The van der Waals surface area contributed by atoms with Gasteiger partial charge in [0.15, 0.2) is 0 Å². The first kappa shape index (κ1) is 12.7. The van der Waals surface area contributed by atoms with Crippen LogP contribution in [0.1, 0.15) is 43.5 Å². The fraction of sp³-hybridized carbons (Fsp3) is 0.500. The van der Waals surface area contributed by atoms with E-state index in [1.165, 1.54) is 0 Å². The van der Waals surface area contributed by atoms with Crippen molar-refractivity contribution < 1.29 is 9.90 Å². The highest BCUT2D eigenvalue weighted by Crippen LogP contribution is 2.37. The second-order valence-electron chi connectivity index (χ2n) is 4.94. The van der Waals surface area contributed by atoms with Gasteiger partial charge in [-0.1, -0.05) is 13.0 Å². The van der Waals surface area contributed by atoms with Crippen LogP contribution in [-0.4, -0.2) is 23.2 Å². The van der Waals surface area contributed by atoms with E-state index in [9.17, 15) is 9.90 Å². The molecule has 4 nitrogen and oxygen atoms in total. The summed E-state index contributed by atoms with van der Waals surface area (Å²) in [5.41, 5.74) is 7.57. The molecule has 3 N–H and O–H groups in total. The molecule has 18 heavy (non-hydrogen) atoms. The molecule has 0 saturated carbocycles. The Labute approximate surface area is 107 Å². The molecule has 2 atom stereocenters. The third-order valence-electron chi connectivity index (χ3n) is 3.81. The van der Waals surface area contributed by atoms with E-state index in [0.29, 0.717) is 29.0 Å². The molecule has 1 saturated heterocycles. The summed E-state index contributed by atoms with van der Waals surface area (Å²) >= 11 is 0. The molecule has 0 spiro atoms. The number of nitrogens with zero attached hydrogens (tertiary/aromatic N) is 1. The largest absolute Gasteiger partial charge is 0.478 e. The van der Waals surface area contributed by atoms with Crippen molar-refractivity contribution in [1.29, 1.82) is 0 Å². The van der Waals surface area contributed by atoms with Gasteiger partial charge in [-0.3, -0.25) is 0 Å². The monoisotopic (exact) mass is 248 g/mol. The van der Waals surface area contributed by atoms with Crippen LogP contribution in [-0.2, 0) is 0 Å². The molecule has 0 aromatic heterocycles. The standard InChI is InChI=1S/C14H20N2O2/c1-3-10-8-7-9(2)16(10)13-11(14(17)18)5-4-6-12(13)15/h4-6,9-10H,3,7-8,15H2,1-2H3,(H,17,18). The molecule has 0 bridgehead atoms. The fourth-order valence-corrected chi connectivity index (χ4v) is 2.90. The average Bonchev–Trinajstić information content (AvgIpc) is 2.70. The molecule has 1 aliphatic heterocycles. The van der Waals surface area contributed by atoms with Crippen LogP contribution in [0.15, 0.2) is 18.2 Å². The summed E-state index contributed by atoms with van der Waals surface area (Å²) in [5, 5.41) is 9.31. The number of aromatic carboxylic acids is 1. The number of carboxylic acids is 1. The van der Waals surface area contributed by atoms with Crippen molar-refractivity contribution in [3.8, 4) is 0 Å². The second kappa shape index (κ2) is 4.88. The van der Waals surface area contributed by atoms with E-state index in [2.05, 4.69) is 18.7 Å². The molecule has 1 fully saturated rings. The fourth-order valence-electron chi connectivity index (χ4n) is 2.90. The van der Waals surface area contributed by atoms with Gasteiger partial charge in [-0.05, 0) is 38.3 Å². The molecule has 1 aromatic carbocycles. The Morgan fingerprint density at radius 2 is 2.22 bits per heavy atom. The van der Waals surface area contributed by atoms with Gasteiger partial charge < -0.3 is 15.7 Å². The zero-order chi connectivity index (χ0) is 13.3. The van der Waals surface area contributed by atoms with Gasteiger partial charge in [0.1, 0.15) is 0 Å². The molecule has 0 amide bonds. The third kappa shape index (κ3) is 2.03. The quantitative estimate of drug-likeness (QED) is 0.807. The minimum atomic E-state index is -0.911. The molecule has 2 unspecified atom stereocenters. The highest BCUT2D eigenvalue weighted by molar-refractivity contribution is 5.98. The van der Waals surface area contributed by atoms with Crippen LogP contribution in [0.2, 0.25) is 0 Å². The Morgan fingerprint density at radius 3 is 2.83 bits per heavy atom. The summed E-state index contributed by atoms with van der Waals surface area (Å²) in [7, 11) is 0. The maximum absolute atomic E-state index is 11.4. The van der Waals surface area contributed by atoms with Gasteiger partial charge in [-0.15, -0.1) is 0 Å². The Hall–Kier alpha value is -1.71. The molecule has 2 rings (SSSR count). The van der Waals surface area contributed by atoms with Gasteiger partial charge in [0.2, 0.25) is 0 Å². The topological polar surface area (TPSA) is 66.6 Å². The lowest BCUT2D eigenvalue weighted by Crippen LogP contribution is -2.35. The summed E-state index contributed by atoms with van der Waals surface area (Å²) in [4.78, 5) is 13.5. The van der Waals surface area contributed by atoms with Gasteiger partial charge in [-0.2, -0.15) is 0 Å². The van der Waals surface area contributed by atoms with E-state index in [1.54, 1.807) is 18.2 Å². The van der Waals surface area contributed by atoms with Crippen LogP contribution in [0.3, 0.4) is 0 Å². The minimum absolute atomic E-state index is 0.308. The Morgan fingerprint density at radius 1 is 1.50 bits per heavy atom.